The summed E-state index contributed by atoms with van der Waals surface area (Å²) in [5, 5.41) is 1.80. The van der Waals surface area contributed by atoms with Crippen LogP contribution in [0.2, 0.25) is 0 Å². The second kappa shape index (κ2) is 5.78. The maximum absolute atomic E-state index is 14.2. The van der Waals surface area contributed by atoms with Crippen molar-refractivity contribution in [2.24, 2.45) is 0 Å². The monoisotopic (exact) mass is 325 g/mol. The van der Waals surface area contributed by atoms with Gasteiger partial charge in [0.25, 0.3) is 5.56 Å². The molecular weight excluding hydrogens is 305 g/mol. The molecule has 4 heteroatoms. The Morgan fingerprint density at radius 2 is 1.92 bits per heavy atom. The lowest BCUT2D eigenvalue weighted by Crippen LogP contribution is -2.13. The maximum atomic E-state index is 14.2. The number of hydrogen-bond acceptors (Lipinski definition) is 2. The van der Waals surface area contributed by atoms with Crippen molar-refractivity contribution in [1.82, 2.24) is 4.98 Å². The number of furan rings is 1. The van der Waals surface area contributed by atoms with E-state index in [1.54, 1.807) is 25.3 Å². The van der Waals surface area contributed by atoms with Crippen molar-refractivity contribution in [3.05, 3.63) is 62.9 Å². The van der Waals surface area contributed by atoms with Crippen molar-refractivity contribution >= 4 is 27.4 Å². The van der Waals surface area contributed by atoms with E-state index in [1.807, 2.05) is 26.8 Å². The van der Waals surface area contributed by atoms with Crippen molar-refractivity contribution in [3.8, 4) is 0 Å². The van der Waals surface area contributed by atoms with E-state index in [4.69, 9.17) is 4.42 Å². The average Bonchev–Trinajstić information content (AvgIpc) is 2.90. The highest BCUT2D eigenvalue weighted by Gasteiger charge is 2.18. The molecule has 0 saturated heterocycles. The lowest BCUT2D eigenvalue weighted by atomic mass is 9.93. The first-order chi connectivity index (χ1) is 11.4. The molecule has 0 aliphatic rings. The smallest absolute Gasteiger partial charge is 0.251 e. The van der Waals surface area contributed by atoms with Gasteiger partial charge in [0, 0.05) is 33.0 Å². The van der Waals surface area contributed by atoms with Gasteiger partial charge in [-0.2, -0.15) is 0 Å². The van der Waals surface area contributed by atoms with Crippen molar-refractivity contribution in [3.63, 3.8) is 0 Å². The lowest BCUT2D eigenvalue weighted by Gasteiger charge is -2.13. The van der Waals surface area contributed by atoms with Crippen LogP contribution >= 0.6 is 0 Å². The Balaban J connectivity index is 2.61. The zero-order valence-corrected chi connectivity index (χ0v) is 14.5. The van der Waals surface area contributed by atoms with Crippen LogP contribution in [0.3, 0.4) is 0 Å². The van der Waals surface area contributed by atoms with Crippen LogP contribution in [-0.4, -0.2) is 4.98 Å². The number of halogens is 1. The van der Waals surface area contributed by atoms with Crippen LogP contribution < -0.4 is 5.56 Å². The number of fused-ring (bicyclic) bond motifs is 2. The summed E-state index contributed by atoms with van der Waals surface area (Å²) >= 11 is 0. The fourth-order valence-electron chi connectivity index (χ4n) is 3.22. The van der Waals surface area contributed by atoms with Gasteiger partial charge in [-0.25, -0.2) is 4.39 Å². The third-order valence-electron chi connectivity index (χ3n) is 4.49. The molecule has 2 aromatic heterocycles. The van der Waals surface area contributed by atoms with E-state index < -0.39 is 0 Å². The zero-order chi connectivity index (χ0) is 17.6. The first-order valence-electron chi connectivity index (χ1n) is 7.90. The number of benzene rings is 1. The van der Waals surface area contributed by atoms with E-state index in [1.165, 1.54) is 6.92 Å². The standard InChI is InChI=1S/C20H20FNO2/c1-6-7-14(13(5)21)17-11(3)20(23)22-18-12(4)19-15(8-16(17)18)10(2)9-24-19/h6-9H,1-5H3,(H,22,23)/b7-6-,14-13-. The number of hydrogen-bond donors (Lipinski definition) is 1. The predicted octanol–water partition coefficient (Wildman–Crippen LogP) is 5.48. The number of pyridine rings is 1. The summed E-state index contributed by atoms with van der Waals surface area (Å²) in [6.45, 7) is 8.85. The molecule has 3 nitrogen and oxygen atoms in total. The molecule has 0 radical (unpaired) electrons. The van der Waals surface area contributed by atoms with Crippen molar-refractivity contribution in [2.45, 2.75) is 34.6 Å². The molecule has 124 valence electrons. The van der Waals surface area contributed by atoms with Gasteiger partial charge in [-0.3, -0.25) is 4.79 Å². The Bertz CT molecular complexity index is 1080. The normalized spacial score (nSPS) is 13.2. The number of H-pyrrole nitrogens is 1. The summed E-state index contributed by atoms with van der Waals surface area (Å²) in [6, 6.07) is 1.97. The molecule has 24 heavy (non-hydrogen) atoms. The molecule has 0 bridgehead atoms. The summed E-state index contributed by atoms with van der Waals surface area (Å²) in [5.74, 6) is -0.315. The fourth-order valence-corrected chi connectivity index (χ4v) is 3.22. The molecule has 0 aliphatic heterocycles. The summed E-state index contributed by atoms with van der Waals surface area (Å²) in [5.41, 5.74) is 4.66. The Kier molecular flexibility index (Phi) is 3.91. The Labute approximate surface area is 139 Å². The van der Waals surface area contributed by atoms with Gasteiger partial charge in [-0.15, -0.1) is 0 Å². The van der Waals surface area contributed by atoms with E-state index in [0.717, 1.165) is 27.5 Å². The van der Waals surface area contributed by atoms with E-state index in [2.05, 4.69) is 4.98 Å². The molecule has 3 aromatic rings. The third-order valence-corrected chi connectivity index (χ3v) is 4.49. The third kappa shape index (κ3) is 2.30. The summed E-state index contributed by atoms with van der Waals surface area (Å²) in [6.07, 6.45) is 5.18. The molecular formula is C20H20FNO2. The first kappa shape index (κ1) is 16.2. The molecule has 0 spiro atoms. The molecule has 3 rings (SSSR count). The average molecular weight is 325 g/mol. The van der Waals surface area contributed by atoms with E-state index in [9.17, 15) is 9.18 Å². The van der Waals surface area contributed by atoms with Crippen LogP contribution in [-0.2, 0) is 0 Å². The van der Waals surface area contributed by atoms with Gasteiger partial charge in [-0.1, -0.05) is 12.2 Å². The molecule has 0 fully saturated rings. The molecule has 1 aromatic carbocycles. The quantitative estimate of drug-likeness (QED) is 0.634. The largest absolute Gasteiger partial charge is 0.464 e. The molecule has 0 unspecified atom stereocenters. The lowest BCUT2D eigenvalue weighted by molar-refractivity contribution is 0.611. The van der Waals surface area contributed by atoms with Gasteiger partial charge in [0.05, 0.1) is 11.8 Å². The minimum Gasteiger partial charge on any atom is -0.464 e. The molecule has 0 saturated carbocycles. The molecule has 2 heterocycles. The van der Waals surface area contributed by atoms with Crippen LogP contribution in [0.4, 0.5) is 4.39 Å². The molecule has 0 amide bonds. The van der Waals surface area contributed by atoms with Crippen LogP contribution in [0, 0.1) is 20.8 Å². The van der Waals surface area contributed by atoms with E-state index in [0.29, 0.717) is 22.2 Å². The number of aromatic nitrogens is 1. The van der Waals surface area contributed by atoms with Gasteiger partial charge >= 0.3 is 0 Å². The zero-order valence-electron chi connectivity index (χ0n) is 14.5. The van der Waals surface area contributed by atoms with Crippen molar-refractivity contribution in [2.75, 3.05) is 0 Å². The Hall–Kier alpha value is -2.62. The second-order valence-corrected chi connectivity index (χ2v) is 6.12. The van der Waals surface area contributed by atoms with Crippen LogP contribution in [0.25, 0.3) is 27.4 Å². The molecule has 1 N–H and O–H groups in total. The van der Waals surface area contributed by atoms with Gasteiger partial charge in [0.2, 0.25) is 0 Å². The molecule has 0 aliphatic carbocycles. The minimum atomic E-state index is -0.315. The highest BCUT2D eigenvalue weighted by molar-refractivity contribution is 6.05. The topological polar surface area (TPSA) is 46.0 Å². The van der Waals surface area contributed by atoms with Crippen LogP contribution in [0.15, 0.2) is 39.5 Å². The Morgan fingerprint density at radius 1 is 1.21 bits per heavy atom. The predicted molar refractivity (Wildman–Crippen MR) is 97.1 cm³/mol. The number of aryl methyl sites for hydroxylation is 2. The number of rotatable bonds is 2. The fraction of sp³-hybridized carbons (Fsp3) is 0.250. The maximum Gasteiger partial charge on any atom is 0.251 e. The van der Waals surface area contributed by atoms with Gasteiger partial charge in [0.15, 0.2) is 0 Å². The SMILES string of the molecule is C/C=C\C(=C(/C)F)c1c(C)c(=O)[nH]c2c(C)c3occ(C)c3cc12. The number of allylic oxidation sites excluding steroid dienone is 4. The summed E-state index contributed by atoms with van der Waals surface area (Å²) < 4.78 is 19.8. The van der Waals surface area contributed by atoms with E-state index >= 15 is 0 Å². The van der Waals surface area contributed by atoms with E-state index in [-0.39, 0.29) is 11.4 Å². The Morgan fingerprint density at radius 3 is 2.54 bits per heavy atom. The van der Waals surface area contributed by atoms with Crippen molar-refractivity contribution in [1.29, 1.82) is 0 Å². The van der Waals surface area contributed by atoms with Gasteiger partial charge in [0.1, 0.15) is 11.4 Å². The minimum absolute atomic E-state index is 0.216. The number of aromatic amines is 1. The van der Waals surface area contributed by atoms with Crippen LogP contribution in [0.1, 0.15) is 36.1 Å². The highest BCUT2D eigenvalue weighted by Crippen LogP contribution is 2.35. The highest BCUT2D eigenvalue weighted by atomic mass is 19.1. The first-order valence-corrected chi connectivity index (χ1v) is 7.90. The van der Waals surface area contributed by atoms with Crippen LogP contribution in [0.5, 0.6) is 0 Å². The summed E-state index contributed by atoms with van der Waals surface area (Å²) in [4.78, 5) is 15.3. The summed E-state index contributed by atoms with van der Waals surface area (Å²) in [7, 11) is 0. The second-order valence-electron chi connectivity index (χ2n) is 6.12. The van der Waals surface area contributed by atoms with Gasteiger partial charge < -0.3 is 9.40 Å². The van der Waals surface area contributed by atoms with Gasteiger partial charge in [-0.05, 0) is 46.2 Å². The van der Waals surface area contributed by atoms with Crippen molar-refractivity contribution < 1.29 is 8.81 Å². The molecule has 0 atom stereocenters. The number of nitrogens with one attached hydrogen (secondary N) is 1.